The number of nitrogens with two attached hydrogens (primary N) is 1. The number of aliphatic hydroxyl groups excluding tert-OH is 1. The Labute approximate surface area is 124 Å². The molecule has 1 aromatic rings. The molecule has 0 fully saturated rings. The molecule has 0 aliphatic carbocycles. The predicted molar refractivity (Wildman–Crippen MR) is 77.2 cm³/mol. The fourth-order valence-electron chi connectivity index (χ4n) is 1.90. The van der Waals surface area contributed by atoms with Gasteiger partial charge >= 0.3 is 0 Å². The van der Waals surface area contributed by atoms with Crippen molar-refractivity contribution in [2.75, 3.05) is 6.79 Å². The van der Waals surface area contributed by atoms with Crippen LogP contribution in [0.2, 0.25) is 5.02 Å². The number of halogens is 2. The van der Waals surface area contributed by atoms with E-state index in [1.54, 1.807) is 12.1 Å². The molecule has 0 amide bonds. The summed E-state index contributed by atoms with van der Waals surface area (Å²) in [5, 5.41) is 10.7. The average Bonchev–Trinajstić information content (AvgIpc) is 2.71. The SMILES string of the molecule is CC(C)(C)[C@H](O)[C@H](N)c1cc2c(cc1Cl)OCO2.Cl. The van der Waals surface area contributed by atoms with Gasteiger partial charge in [-0.05, 0) is 17.0 Å². The van der Waals surface area contributed by atoms with E-state index in [-0.39, 0.29) is 24.6 Å². The van der Waals surface area contributed by atoms with Gasteiger partial charge < -0.3 is 20.3 Å². The molecular weight excluding hydrogens is 289 g/mol. The van der Waals surface area contributed by atoms with Crippen LogP contribution in [0.15, 0.2) is 12.1 Å². The highest BCUT2D eigenvalue weighted by molar-refractivity contribution is 6.31. The summed E-state index contributed by atoms with van der Waals surface area (Å²) in [4.78, 5) is 0. The lowest BCUT2D eigenvalue weighted by Crippen LogP contribution is -2.37. The van der Waals surface area contributed by atoms with Crippen LogP contribution in [0.4, 0.5) is 0 Å². The van der Waals surface area contributed by atoms with Crippen molar-refractivity contribution in [1.29, 1.82) is 0 Å². The molecule has 1 heterocycles. The van der Waals surface area contributed by atoms with Gasteiger partial charge in [-0.25, -0.2) is 0 Å². The molecule has 0 bridgehead atoms. The van der Waals surface area contributed by atoms with Crippen molar-refractivity contribution in [3.63, 3.8) is 0 Å². The highest BCUT2D eigenvalue weighted by Crippen LogP contribution is 2.40. The minimum atomic E-state index is -0.699. The van der Waals surface area contributed by atoms with Gasteiger partial charge in [-0.15, -0.1) is 12.4 Å². The first kappa shape index (κ1) is 16.4. The number of ether oxygens (including phenoxy) is 2. The molecule has 2 rings (SSSR count). The van der Waals surface area contributed by atoms with E-state index in [1.165, 1.54) is 0 Å². The van der Waals surface area contributed by atoms with Crippen molar-refractivity contribution in [2.24, 2.45) is 11.1 Å². The molecule has 0 radical (unpaired) electrons. The van der Waals surface area contributed by atoms with Crippen LogP contribution in [0, 0.1) is 5.41 Å². The molecule has 3 N–H and O–H groups in total. The molecule has 1 aromatic carbocycles. The van der Waals surface area contributed by atoms with E-state index >= 15 is 0 Å². The highest BCUT2D eigenvalue weighted by Gasteiger charge is 2.31. The summed E-state index contributed by atoms with van der Waals surface area (Å²) in [5.74, 6) is 1.23. The molecule has 1 aliphatic rings. The number of fused-ring (bicyclic) bond motifs is 1. The van der Waals surface area contributed by atoms with E-state index in [0.29, 0.717) is 22.1 Å². The van der Waals surface area contributed by atoms with Gasteiger partial charge in [0.25, 0.3) is 0 Å². The molecule has 0 saturated carbocycles. The van der Waals surface area contributed by atoms with E-state index in [2.05, 4.69) is 0 Å². The Morgan fingerprint density at radius 2 is 1.79 bits per heavy atom. The average molecular weight is 308 g/mol. The van der Waals surface area contributed by atoms with Crippen molar-refractivity contribution in [3.05, 3.63) is 22.7 Å². The molecule has 19 heavy (non-hydrogen) atoms. The first-order valence-electron chi connectivity index (χ1n) is 5.83. The van der Waals surface area contributed by atoms with Crippen molar-refractivity contribution in [3.8, 4) is 11.5 Å². The summed E-state index contributed by atoms with van der Waals surface area (Å²) in [6, 6.07) is 2.85. The maximum absolute atomic E-state index is 10.2. The fourth-order valence-corrected chi connectivity index (χ4v) is 2.18. The third-order valence-corrected chi connectivity index (χ3v) is 3.41. The van der Waals surface area contributed by atoms with Gasteiger partial charge in [-0.3, -0.25) is 0 Å². The quantitative estimate of drug-likeness (QED) is 0.882. The van der Waals surface area contributed by atoms with E-state index in [0.717, 1.165) is 0 Å². The first-order chi connectivity index (χ1) is 8.30. The normalized spacial score (nSPS) is 16.7. The third kappa shape index (κ3) is 3.26. The molecule has 0 aromatic heterocycles. The summed E-state index contributed by atoms with van der Waals surface area (Å²) in [6.45, 7) is 5.97. The van der Waals surface area contributed by atoms with Gasteiger partial charge in [0, 0.05) is 11.1 Å². The number of rotatable bonds is 2. The zero-order valence-electron chi connectivity index (χ0n) is 11.1. The molecule has 0 unspecified atom stereocenters. The second-order valence-electron chi connectivity index (χ2n) is 5.56. The molecule has 0 spiro atoms. The van der Waals surface area contributed by atoms with Crippen LogP contribution < -0.4 is 15.2 Å². The number of hydrogen-bond acceptors (Lipinski definition) is 4. The maximum atomic E-state index is 10.2. The summed E-state index contributed by atoms with van der Waals surface area (Å²) in [5.41, 5.74) is 6.44. The van der Waals surface area contributed by atoms with Gasteiger partial charge in [0.05, 0.1) is 12.1 Å². The Morgan fingerprint density at radius 3 is 2.32 bits per heavy atom. The largest absolute Gasteiger partial charge is 0.454 e. The smallest absolute Gasteiger partial charge is 0.231 e. The van der Waals surface area contributed by atoms with E-state index in [1.807, 2.05) is 20.8 Å². The molecule has 4 nitrogen and oxygen atoms in total. The van der Waals surface area contributed by atoms with Gasteiger partial charge in [-0.1, -0.05) is 32.4 Å². The van der Waals surface area contributed by atoms with Crippen LogP contribution in [0.25, 0.3) is 0 Å². The van der Waals surface area contributed by atoms with Crippen molar-refractivity contribution < 1.29 is 14.6 Å². The Hall–Kier alpha value is -0.680. The summed E-state index contributed by atoms with van der Waals surface area (Å²) in [6.07, 6.45) is -0.699. The minimum Gasteiger partial charge on any atom is -0.454 e. The van der Waals surface area contributed by atoms with E-state index in [4.69, 9.17) is 26.8 Å². The summed E-state index contributed by atoms with van der Waals surface area (Å²) in [7, 11) is 0. The van der Waals surface area contributed by atoms with Crippen LogP contribution in [-0.2, 0) is 0 Å². The Bertz CT molecular complexity index is 460. The fraction of sp³-hybridized carbons (Fsp3) is 0.538. The lowest BCUT2D eigenvalue weighted by atomic mass is 9.82. The van der Waals surface area contributed by atoms with Gasteiger partial charge in [0.2, 0.25) is 6.79 Å². The highest BCUT2D eigenvalue weighted by atomic mass is 35.5. The van der Waals surface area contributed by atoms with Crippen molar-refractivity contribution in [2.45, 2.75) is 32.9 Å². The second-order valence-corrected chi connectivity index (χ2v) is 5.97. The maximum Gasteiger partial charge on any atom is 0.231 e. The topological polar surface area (TPSA) is 64.7 Å². The molecule has 108 valence electrons. The first-order valence-corrected chi connectivity index (χ1v) is 6.21. The third-order valence-electron chi connectivity index (χ3n) is 3.08. The number of hydrogen-bond donors (Lipinski definition) is 2. The zero-order chi connectivity index (χ0) is 13.5. The molecule has 2 atom stereocenters. The Balaban J connectivity index is 0.00000180. The van der Waals surface area contributed by atoms with Gasteiger partial charge in [0.15, 0.2) is 11.5 Å². The summed E-state index contributed by atoms with van der Waals surface area (Å²) >= 11 is 6.17. The van der Waals surface area contributed by atoms with Crippen LogP contribution in [-0.4, -0.2) is 18.0 Å². The molecular formula is C13H19Cl2NO3. The van der Waals surface area contributed by atoms with Crippen LogP contribution in [0.3, 0.4) is 0 Å². The van der Waals surface area contributed by atoms with E-state index in [9.17, 15) is 5.11 Å². The van der Waals surface area contributed by atoms with Gasteiger partial charge in [-0.2, -0.15) is 0 Å². The minimum absolute atomic E-state index is 0. The number of aliphatic hydroxyl groups is 1. The van der Waals surface area contributed by atoms with Crippen molar-refractivity contribution in [1.82, 2.24) is 0 Å². The van der Waals surface area contributed by atoms with Gasteiger partial charge in [0.1, 0.15) is 0 Å². The van der Waals surface area contributed by atoms with Crippen molar-refractivity contribution >= 4 is 24.0 Å². The molecule has 1 aliphatic heterocycles. The monoisotopic (exact) mass is 307 g/mol. The summed E-state index contributed by atoms with van der Waals surface area (Å²) < 4.78 is 10.5. The molecule has 6 heteroatoms. The molecule has 0 saturated heterocycles. The Morgan fingerprint density at radius 1 is 1.26 bits per heavy atom. The second kappa shape index (κ2) is 5.75. The van der Waals surface area contributed by atoms with Crippen LogP contribution in [0.1, 0.15) is 32.4 Å². The zero-order valence-corrected chi connectivity index (χ0v) is 12.7. The standard InChI is InChI=1S/C13H18ClNO3.ClH/c1-13(2,3)12(16)11(15)7-4-9-10(5-8(7)14)18-6-17-9;/h4-5,11-12,16H,6,15H2,1-3H3;1H/t11-,12-;/m1./s1. The van der Waals surface area contributed by atoms with Crippen LogP contribution >= 0.6 is 24.0 Å². The predicted octanol–water partition coefficient (Wildman–Crippen LogP) is 2.90. The van der Waals surface area contributed by atoms with Crippen LogP contribution in [0.5, 0.6) is 11.5 Å². The van der Waals surface area contributed by atoms with E-state index < -0.39 is 12.1 Å². The Kier molecular flexibility index (Phi) is 4.96. The number of benzene rings is 1. The lowest BCUT2D eigenvalue weighted by molar-refractivity contribution is 0.0401. The lowest BCUT2D eigenvalue weighted by Gasteiger charge is -2.31.